The Balaban J connectivity index is 2.79. The van der Waals surface area contributed by atoms with Crippen LogP contribution in [0, 0.1) is 6.92 Å². The monoisotopic (exact) mass is 216 g/mol. The Morgan fingerprint density at radius 1 is 1.31 bits per heavy atom. The summed E-state index contributed by atoms with van der Waals surface area (Å²) in [7, 11) is 0. The van der Waals surface area contributed by atoms with Crippen molar-refractivity contribution in [1.82, 2.24) is 4.57 Å². The van der Waals surface area contributed by atoms with E-state index in [4.69, 9.17) is 5.73 Å². The van der Waals surface area contributed by atoms with Gasteiger partial charge < -0.3 is 10.3 Å². The smallest absolute Gasteiger partial charge is 0.0483 e. The van der Waals surface area contributed by atoms with Crippen molar-refractivity contribution >= 4 is 10.9 Å². The van der Waals surface area contributed by atoms with Crippen LogP contribution in [0.5, 0.6) is 0 Å². The van der Waals surface area contributed by atoms with Crippen LogP contribution in [0.2, 0.25) is 0 Å². The van der Waals surface area contributed by atoms with Crippen molar-refractivity contribution < 1.29 is 0 Å². The van der Waals surface area contributed by atoms with Crippen LogP contribution in [-0.2, 0) is 12.1 Å². The molecule has 0 saturated heterocycles. The van der Waals surface area contributed by atoms with Crippen molar-refractivity contribution in [1.29, 1.82) is 0 Å². The quantitative estimate of drug-likeness (QED) is 0.821. The van der Waals surface area contributed by atoms with Gasteiger partial charge in [0, 0.05) is 29.2 Å². The fourth-order valence-corrected chi connectivity index (χ4v) is 2.19. The van der Waals surface area contributed by atoms with Gasteiger partial charge in [0.05, 0.1) is 0 Å². The fraction of sp³-hybridized carbons (Fsp3) is 0.429. The van der Waals surface area contributed by atoms with Gasteiger partial charge in [0.1, 0.15) is 0 Å². The predicted octanol–water partition coefficient (Wildman–Crippen LogP) is 3.16. The molecule has 1 aromatic carbocycles. The van der Waals surface area contributed by atoms with Crippen LogP contribution in [0.15, 0.2) is 24.4 Å². The van der Waals surface area contributed by atoms with Crippen molar-refractivity contribution in [2.24, 2.45) is 5.73 Å². The summed E-state index contributed by atoms with van der Waals surface area (Å²) < 4.78 is 2.26. The molecule has 1 aromatic heterocycles. The highest BCUT2D eigenvalue weighted by Gasteiger charge is 2.20. The molecule has 0 unspecified atom stereocenters. The lowest BCUT2D eigenvalue weighted by Crippen LogP contribution is -2.28. The highest BCUT2D eigenvalue weighted by Crippen LogP contribution is 2.29. The van der Waals surface area contributed by atoms with Crippen molar-refractivity contribution in [3.05, 3.63) is 35.5 Å². The lowest BCUT2D eigenvalue weighted by Gasteiger charge is -2.17. The zero-order valence-corrected chi connectivity index (χ0v) is 10.5. The van der Waals surface area contributed by atoms with Crippen molar-refractivity contribution in [2.45, 2.75) is 39.8 Å². The fourth-order valence-electron chi connectivity index (χ4n) is 2.19. The second-order valence-electron chi connectivity index (χ2n) is 5.07. The molecule has 2 nitrogen and oxygen atoms in total. The molecule has 2 aromatic rings. The SMILES string of the molecule is CCn1cc(C(C)(C)N)c2cc(C)ccc21. The number of fused-ring (bicyclic) bond motifs is 1. The van der Waals surface area contributed by atoms with Crippen molar-refractivity contribution in [3.63, 3.8) is 0 Å². The molecule has 0 radical (unpaired) electrons. The minimum absolute atomic E-state index is 0.285. The topological polar surface area (TPSA) is 30.9 Å². The Morgan fingerprint density at radius 3 is 2.56 bits per heavy atom. The first-order valence-electron chi connectivity index (χ1n) is 5.82. The largest absolute Gasteiger partial charge is 0.347 e. The normalized spacial score (nSPS) is 12.3. The molecule has 0 saturated carbocycles. The average molecular weight is 216 g/mol. The van der Waals surface area contributed by atoms with E-state index in [2.05, 4.69) is 56.7 Å². The number of benzene rings is 1. The zero-order chi connectivity index (χ0) is 11.9. The standard InChI is InChI=1S/C14H20N2/c1-5-16-9-12(14(3,4)15)11-8-10(2)6-7-13(11)16/h6-9H,5,15H2,1-4H3. The molecular weight excluding hydrogens is 196 g/mol. The summed E-state index contributed by atoms with van der Waals surface area (Å²) in [6.07, 6.45) is 2.18. The third kappa shape index (κ3) is 1.74. The maximum Gasteiger partial charge on any atom is 0.0483 e. The van der Waals surface area contributed by atoms with E-state index < -0.39 is 0 Å². The van der Waals surface area contributed by atoms with Gasteiger partial charge in [-0.1, -0.05) is 11.6 Å². The number of hydrogen-bond donors (Lipinski definition) is 1. The van der Waals surface area contributed by atoms with Crippen LogP contribution in [0.25, 0.3) is 10.9 Å². The molecule has 0 spiro atoms. The van der Waals surface area contributed by atoms with Crippen LogP contribution >= 0.6 is 0 Å². The predicted molar refractivity (Wildman–Crippen MR) is 69.6 cm³/mol. The van der Waals surface area contributed by atoms with Crippen LogP contribution < -0.4 is 5.73 Å². The number of rotatable bonds is 2. The summed E-state index contributed by atoms with van der Waals surface area (Å²) in [6.45, 7) is 9.38. The van der Waals surface area contributed by atoms with E-state index in [1.165, 1.54) is 22.0 Å². The molecule has 2 rings (SSSR count). The summed E-state index contributed by atoms with van der Waals surface area (Å²) in [5.41, 5.74) is 9.74. The first-order chi connectivity index (χ1) is 7.43. The maximum absolute atomic E-state index is 6.23. The number of nitrogens with two attached hydrogens (primary N) is 1. The molecule has 16 heavy (non-hydrogen) atoms. The van der Waals surface area contributed by atoms with Crippen LogP contribution in [-0.4, -0.2) is 4.57 Å². The number of aryl methyl sites for hydroxylation is 2. The lowest BCUT2D eigenvalue weighted by atomic mass is 9.95. The molecule has 0 bridgehead atoms. The molecule has 2 heteroatoms. The Hall–Kier alpha value is -1.28. The average Bonchev–Trinajstić information content (AvgIpc) is 2.54. The minimum atomic E-state index is -0.285. The summed E-state index contributed by atoms with van der Waals surface area (Å²) in [5.74, 6) is 0. The summed E-state index contributed by atoms with van der Waals surface area (Å²) in [5, 5.41) is 1.29. The molecule has 0 aliphatic carbocycles. The summed E-state index contributed by atoms with van der Waals surface area (Å²) in [6, 6.07) is 6.57. The zero-order valence-electron chi connectivity index (χ0n) is 10.5. The highest BCUT2D eigenvalue weighted by atomic mass is 15.0. The summed E-state index contributed by atoms with van der Waals surface area (Å²) >= 11 is 0. The van der Waals surface area contributed by atoms with Crippen molar-refractivity contribution in [2.75, 3.05) is 0 Å². The second-order valence-corrected chi connectivity index (χ2v) is 5.07. The number of nitrogens with zero attached hydrogens (tertiary/aromatic N) is 1. The molecule has 0 atom stereocenters. The molecule has 86 valence electrons. The van der Waals surface area contributed by atoms with Gasteiger partial charge in [-0.05, 0) is 45.4 Å². The Labute approximate surface area is 97.1 Å². The first kappa shape index (κ1) is 11.2. The number of hydrogen-bond acceptors (Lipinski definition) is 1. The van der Waals surface area contributed by atoms with Crippen LogP contribution in [0.1, 0.15) is 31.9 Å². The molecule has 0 amide bonds. The van der Waals surface area contributed by atoms with E-state index in [1.54, 1.807) is 0 Å². The van der Waals surface area contributed by atoms with Gasteiger partial charge in [-0.15, -0.1) is 0 Å². The molecule has 0 fully saturated rings. The van der Waals surface area contributed by atoms with E-state index in [-0.39, 0.29) is 5.54 Å². The van der Waals surface area contributed by atoms with Gasteiger partial charge in [0.15, 0.2) is 0 Å². The Kier molecular flexibility index (Phi) is 2.55. The Morgan fingerprint density at radius 2 is 2.00 bits per heavy atom. The van der Waals surface area contributed by atoms with Gasteiger partial charge in [-0.3, -0.25) is 0 Å². The second kappa shape index (κ2) is 3.63. The van der Waals surface area contributed by atoms with Gasteiger partial charge in [-0.2, -0.15) is 0 Å². The molecule has 1 heterocycles. The molecule has 2 N–H and O–H groups in total. The van der Waals surface area contributed by atoms with Gasteiger partial charge in [0.25, 0.3) is 0 Å². The maximum atomic E-state index is 6.23. The third-order valence-electron chi connectivity index (χ3n) is 3.07. The van der Waals surface area contributed by atoms with Gasteiger partial charge in [-0.25, -0.2) is 0 Å². The number of aromatic nitrogens is 1. The minimum Gasteiger partial charge on any atom is -0.347 e. The van der Waals surface area contributed by atoms with E-state index in [9.17, 15) is 0 Å². The van der Waals surface area contributed by atoms with Crippen LogP contribution in [0.4, 0.5) is 0 Å². The lowest BCUT2D eigenvalue weighted by molar-refractivity contribution is 0.556. The van der Waals surface area contributed by atoms with E-state index in [1.807, 2.05) is 0 Å². The van der Waals surface area contributed by atoms with E-state index >= 15 is 0 Å². The highest BCUT2D eigenvalue weighted by molar-refractivity contribution is 5.85. The Bertz CT molecular complexity index is 515. The van der Waals surface area contributed by atoms with E-state index in [0.717, 1.165) is 6.54 Å². The van der Waals surface area contributed by atoms with Crippen molar-refractivity contribution in [3.8, 4) is 0 Å². The third-order valence-corrected chi connectivity index (χ3v) is 3.07. The molecular formula is C14H20N2. The molecule has 0 aliphatic heterocycles. The molecule has 0 aliphatic rings. The summed E-state index contributed by atoms with van der Waals surface area (Å²) in [4.78, 5) is 0. The van der Waals surface area contributed by atoms with Crippen LogP contribution in [0.3, 0.4) is 0 Å². The van der Waals surface area contributed by atoms with E-state index in [0.29, 0.717) is 0 Å². The van der Waals surface area contributed by atoms with Gasteiger partial charge >= 0.3 is 0 Å². The first-order valence-corrected chi connectivity index (χ1v) is 5.82. The van der Waals surface area contributed by atoms with Gasteiger partial charge in [0.2, 0.25) is 0 Å².